The molecule has 0 aliphatic carbocycles. The summed E-state index contributed by atoms with van der Waals surface area (Å²) in [5.41, 5.74) is 2.31. The van der Waals surface area contributed by atoms with Crippen LogP contribution in [0.25, 0.3) is 0 Å². The van der Waals surface area contributed by atoms with Crippen LogP contribution >= 0.6 is 11.6 Å². The Bertz CT molecular complexity index is 962. The number of ketones is 1. The second-order valence-corrected chi connectivity index (χ2v) is 6.95. The van der Waals surface area contributed by atoms with Crippen LogP contribution in [0.15, 0.2) is 36.9 Å². The van der Waals surface area contributed by atoms with E-state index in [1.165, 1.54) is 12.0 Å². The zero-order chi connectivity index (χ0) is 21.7. The van der Waals surface area contributed by atoms with Crippen molar-refractivity contribution in [2.45, 2.75) is 27.3 Å². The summed E-state index contributed by atoms with van der Waals surface area (Å²) in [6, 6.07) is 6.69. The second-order valence-electron chi connectivity index (χ2n) is 6.55. The van der Waals surface area contributed by atoms with E-state index in [9.17, 15) is 14.4 Å². The Balaban J connectivity index is 2.42. The van der Waals surface area contributed by atoms with Crippen LogP contribution in [0.4, 0.5) is 0 Å². The predicted molar refractivity (Wildman–Crippen MR) is 113 cm³/mol. The molecule has 2 aromatic rings. The van der Waals surface area contributed by atoms with E-state index >= 15 is 0 Å². The Labute approximate surface area is 175 Å². The number of carbonyl (C=O) groups is 3. The fourth-order valence-corrected chi connectivity index (χ4v) is 3.71. The number of ether oxygens (including phenoxy) is 1. The molecule has 1 aromatic heterocycles. The molecule has 0 bridgehead atoms. The minimum absolute atomic E-state index is 0.161. The van der Waals surface area contributed by atoms with Gasteiger partial charge in [0.15, 0.2) is 5.78 Å². The van der Waals surface area contributed by atoms with Gasteiger partial charge in [-0.15, -0.1) is 6.58 Å². The summed E-state index contributed by atoms with van der Waals surface area (Å²) in [4.78, 5) is 39.7. The summed E-state index contributed by atoms with van der Waals surface area (Å²) in [5.74, 6) is -1.12. The van der Waals surface area contributed by atoms with Crippen molar-refractivity contribution in [1.29, 1.82) is 0 Å². The van der Waals surface area contributed by atoms with E-state index in [2.05, 4.69) is 6.58 Å². The second kappa shape index (κ2) is 9.56. The van der Waals surface area contributed by atoms with Gasteiger partial charge in [0.1, 0.15) is 5.69 Å². The van der Waals surface area contributed by atoms with Crippen molar-refractivity contribution in [2.24, 2.45) is 0 Å². The largest absolute Gasteiger partial charge is 0.464 e. The van der Waals surface area contributed by atoms with Crippen molar-refractivity contribution in [3.05, 3.63) is 70.0 Å². The lowest BCUT2D eigenvalue weighted by atomic mass is 10.0. The van der Waals surface area contributed by atoms with Crippen LogP contribution in [0.1, 0.15) is 49.4 Å². The maximum Gasteiger partial charge on any atom is 0.354 e. The van der Waals surface area contributed by atoms with E-state index in [1.54, 1.807) is 48.8 Å². The Morgan fingerprint density at radius 1 is 1.24 bits per heavy atom. The Kier molecular flexibility index (Phi) is 7.40. The molecule has 29 heavy (non-hydrogen) atoms. The van der Waals surface area contributed by atoms with E-state index in [1.807, 2.05) is 6.92 Å². The average Bonchev–Trinajstić information content (AvgIpc) is 2.96. The molecule has 0 aliphatic heterocycles. The lowest BCUT2D eigenvalue weighted by molar-refractivity contribution is 0.0587. The van der Waals surface area contributed by atoms with Crippen molar-refractivity contribution < 1.29 is 19.1 Å². The van der Waals surface area contributed by atoms with Gasteiger partial charge in [-0.2, -0.15) is 0 Å². The molecule has 0 atom stereocenters. The van der Waals surface area contributed by atoms with Crippen LogP contribution in [-0.2, 0) is 11.3 Å². The Morgan fingerprint density at radius 2 is 1.90 bits per heavy atom. The minimum atomic E-state index is -0.499. The van der Waals surface area contributed by atoms with E-state index < -0.39 is 5.97 Å². The number of methoxy groups -OCH3 is 1. The molecule has 0 saturated carbocycles. The van der Waals surface area contributed by atoms with Crippen molar-refractivity contribution in [3.63, 3.8) is 0 Å². The first-order chi connectivity index (χ1) is 13.8. The third-order valence-corrected chi connectivity index (χ3v) is 5.15. The smallest absolute Gasteiger partial charge is 0.354 e. The maximum atomic E-state index is 13.2. The van der Waals surface area contributed by atoms with Gasteiger partial charge < -0.3 is 14.2 Å². The first-order valence-electron chi connectivity index (χ1n) is 9.24. The van der Waals surface area contributed by atoms with Gasteiger partial charge in [-0.05, 0) is 38.5 Å². The normalized spacial score (nSPS) is 10.5. The van der Waals surface area contributed by atoms with E-state index in [-0.39, 0.29) is 24.8 Å². The first kappa shape index (κ1) is 22.4. The number of aromatic nitrogens is 1. The number of amides is 1. The third kappa shape index (κ3) is 4.43. The molecule has 0 N–H and O–H groups in total. The number of rotatable bonds is 8. The molecular weight excluding hydrogens is 392 g/mol. The highest BCUT2D eigenvalue weighted by Crippen LogP contribution is 2.24. The molecular formula is C22H25ClN2O4. The van der Waals surface area contributed by atoms with Gasteiger partial charge in [0.25, 0.3) is 5.91 Å². The summed E-state index contributed by atoms with van der Waals surface area (Å²) in [7, 11) is 1.31. The highest BCUT2D eigenvalue weighted by molar-refractivity contribution is 6.33. The van der Waals surface area contributed by atoms with Crippen LogP contribution in [0.5, 0.6) is 0 Å². The van der Waals surface area contributed by atoms with Crippen molar-refractivity contribution in [1.82, 2.24) is 9.47 Å². The van der Waals surface area contributed by atoms with Gasteiger partial charge in [0.05, 0.1) is 24.2 Å². The Morgan fingerprint density at radius 3 is 2.45 bits per heavy atom. The van der Waals surface area contributed by atoms with Crippen LogP contribution in [0, 0.1) is 13.8 Å². The zero-order valence-electron chi connectivity index (χ0n) is 17.1. The molecule has 6 nitrogen and oxygen atoms in total. The SMILES string of the molecule is C=CCN(CC(=O)c1c(C)c(C(=O)OC)n(CC)c1C)C(=O)c1ccccc1Cl. The minimum Gasteiger partial charge on any atom is -0.464 e. The van der Waals surface area contributed by atoms with Crippen LogP contribution in [-0.4, -0.2) is 47.3 Å². The van der Waals surface area contributed by atoms with Gasteiger partial charge in [-0.1, -0.05) is 29.8 Å². The summed E-state index contributed by atoms with van der Waals surface area (Å²) in [6.07, 6.45) is 1.55. The average molecular weight is 417 g/mol. The lowest BCUT2D eigenvalue weighted by Crippen LogP contribution is -2.36. The van der Waals surface area contributed by atoms with Crippen molar-refractivity contribution in [3.8, 4) is 0 Å². The molecule has 1 heterocycles. The molecule has 1 amide bonds. The quantitative estimate of drug-likeness (QED) is 0.369. The highest BCUT2D eigenvalue weighted by atomic mass is 35.5. The van der Waals surface area contributed by atoms with Crippen molar-refractivity contribution >= 4 is 29.3 Å². The number of halogens is 1. The molecule has 0 aliphatic rings. The molecule has 1 aromatic carbocycles. The number of hydrogen-bond acceptors (Lipinski definition) is 4. The summed E-state index contributed by atoms with van der Waals surface area (Å²) < 4.78 is 6.63. The number of esters is 1. The predicted octanol–water partition coefficient (Wildman–Crippen LogP) is 4.08. The molecule has 0 radical (unpaired) electrons. The summed E-state index contributed by atoms with van der Waals surface area (Å²) >= 11 is 6.15. The topological polar surface area (TPSA) is 68.6 Å². The van der Waals surface area contributed by atoms with E-state index in [0.717, 1.165) is 0 Å². The molecule has 7 heteroatoms. The number of nitrogens with zero attached hydrogens (tertiary/aromatic N) is 2. The number of benzene rings is 1. The van der Waals surface area contributed by atoms with E-state index in [0.29, 0.717) is 39.6 Å². The molecule has 0 spiro atoms. The monoisotopic (exact) mass is 416 g/mol. The molecule has 0 fully saturated rings. The van der Waals surface area contributed by atoms with Gasteiger partial charge in [-0.3, -0.25) is 9.59 Å². The molecule has 154 valence electrons. The number of Topliss-reactive ketones (excluding diaryl/α,β-unsaturated/α-hetero) is 1. The van der Waals surface area contributed by atoms with Gasteiger partial charge in [-0.25, -0.2) is 4.79 Å². The van der Waals surface area contributed by atoms with Crippen LogP contribution in [0.2, 0.25) is 5.02 Å². The van der Waals surface area contributed by atoms with Gasteiger partial charge in [0, 0.05) is 24.3 Å². The Hall–Kier alpha value is -2.86. The third-order valence-electron chi connectivity index (χ3n) is 4.82. The molecule has 0 unspecified atom stereocenters. The molecule has 2 rings (SSSR count). The van der Waals surface area contributed by atoms with Gasteiger partial charge >= 0.3 is 5.97 Å². The van der Waals surface area contributed by atoms with Gasteiger partial charge in [0.2, 0.25) is 0 Å². The summed E-state index contributed by atoms with van der Waals surface area (Å²) in [6.45, 7) is 9.60. The number of hydrogen-bond donors (Lipinski definition) is 0. The first-order valence-corrected chi connectivity index (χ1v) is 9.62. The maximum absolute atomic E-state index is 13.2. The highest BCUT2D eigenvalue weighted by Gasteiger charge is 2.28. The van der Waals surface area contributed by atoms with Crippen LogP contribution < -0.4 is 0 Å². The fraction of sp³-hybridized carbons (Fsp3) is 0.318. The standard InChI is InChI=1S/C22H25ClN2O4/c1-6-12-24(21(27)16-10-8-9-11-17(16)23)13-18(26)19-14(3)20(22(28)29-5)25(7-2)15(19)4/h6,8-11H,1,7,12-13H2,2-5H3. The zero-order valence-corrected chi connectivity index (χ0v) is 17.9. The fourth-order valence-electron chi connectivity index (χ4n) is 3.49. The lowest BCUT2D eigenvalue weighted by Gasteiger charge is -2.21. The van der Waals surface area contributed by atoms with E-state index in [4.69, 9.17) is 16.3 Å². The van der Waals surface area contributed by atoms with Crippen LogP contribution in [0.3, 0.4) is 0 Å². The molecule has 0 saturated heterocycles. The van der Waals surface area contributed by atoms with Crippen molar-refractivity contribution in [2.75, 3.05) is 20.2 Å². The summed E-state index contributed by atoms with van der Waals surface area (Å²) in [5, 5.41) is 0.316. The number of carbonyl (C=O) groups excluding carboxylic acids is 3.